The molecule has 0 saturated heterocycles. The number of benzene rings is 3. The van der Waals surface area contributed by atoms with E-state index in [0.29, 0.717) is 18.9 Å². The largest absolute Gasteiger partial charge is 0.479 e. The van der Waals surface area contributed by atoms with Gasteiger partial charge in [0.15, 0.2) is 12.2 Å². The van der Waals surface area contributed by atoms with Gasteiger partial charge in [-0.05, 0) is 35.6 Å². The second kappa shape index (κ2) is 18.0. The number of nitrogens with one attached hydrogen (secondary N) is 1. The maximum atomic E-state index is 10.9. The number of aliphatic hydroxyl groups is 3. The molecule has 9 nitrogen and oxygen atoms in total. The molecule has 41 heavy (non-hydrogen) atoms. The van der Waals surface area contributed by atoms with Crippen LogP contribution in [0.25, 0.3) is 0 Å². The lowest BCUT2D eigenvalue weighted by molar-refractivity contribution is -0.165. The number of rotatable bonds is 15. The van der Waals surface area contributed by atoms with Crippen molar-refractivity contribution >= 4 is 11.9 Å². The van der Waals surface area contributed by atoms with Crippen molar-refractivity contribution in [3.8, 4) is 0 Å². The third kappa shape index (κ3) is 12.6. The van der Waals surface area contributed by atoms with E-state index in [4.69, 9.17) is 20.4 Å². The fraction of sp³-hybridized carbons (Fsp3) is 0.375. The number of hydrogen-bond donors (Lipinski definition) is 6. The fourth-order valence-electron chi connectivity index (χ4n) is 4.23. The molecule has 3 aromatic rings. The van der Waals surface area contributed by atoms with Gasteiger partial charge in [-0.3, -0.25) is 4.90 Å². The minimum Gasteiger partial charge on any atom is -0.479 e. The molecule has 4 atom stereocenters. The van der Waals surface area contributed by atoms with Crippen molar-refractivity contribution in [3.05, 3.63) is 108 Å². The van der Waals surface area contributed by atoms with Crippen LogP contribution in [0.15, 0.2) is 91.0 Å². The van der Waals surface area contributed by atoms with Crippen molar-refractivity contribution in [1.82, 2.24) is 10.2 Å². The van der Waals surface area contributed by atoms with Crippen LogP contribution in [0.1, 0.15) is 43.0 Å². The molecule has 0 amide bonds. The first-order valence-electron chi connectivity index (χ1n) is 13.7. The SMILES string of the molecule is CC(C)CNC[C@H](O)C[C@@H](c1ccccc1)N(Cc1ccccc1)Cc1ccccc1.O=C(O)[C@H](O)[C@@H](O)C(=O)O. The Bertz CT molecular complexity index is 1090. The lowest BCUT2D eigenvalue weighted by atomic mass is 9.97. The molecule has 0 aliphatic heterocycles. The molecule has 0 unspecified atom stereocenters. The minimum absolute atomic E-state index is 0.123. The van der Waals surface area contributed by atoms with Gasteiger partial charge in [-0.1, -0.05) is 105 Å². The summed E-state index contributed by atoms with van der Waals surface area (Å²) in [6.07, 6.45) is -4.25. The first-order valence-corrected chi connectivity index (χ1v) is 13.7. The van der Waals surface area contributed by atoms with Gasteiger partial charge in [0, 0.05) is 25.7 Å². The maximum absolute atomic E-state index is 10.9. The Hall–Kier alpha value is -3.60. The number of carboxylic acids is 2. The summed E-state index contributed by atoms with van der Waals surface area (Å²) in [4.78, 5) is 22.0. The van der Waals surface area contributed by atoms with Crippen LogP contribution in [-0.4, -0.2) is 73.8 Å². The second-order valence-electron chi connectivity index (χ2n) is 10.3. The van der Waals surface area contributed by atoms with E-state index in [1.807, 2.05) is 0 Å². The topological polar surface area (TPSA) is 151 Å². The van der Waals surface area contributed by atoms with Gasteiger partial charge < -0.3 is 30.8 Å². The Balaban J connectivity index is 0.000000503. The van der Waals surface area contributed by atoms with E-state index in [0.717, 1.165) is 19.6 Å². The molecule has 0 aromatic heterocycles. The Kier molecular flexibility index (Phi) is 14.7. The van der Waals surface area contributed by atoms with Crippen LogP contribution in [0, 0.1) is 5.92 Å². The van der Waals surface area contributed by atoms with E-state index in [1.54, 1.807) is 0 Å². The van der Waals surface area contributed by atoms with Crippen LogP contribution >= 0.6 is 0 Å². The Morgan fingerprint density at radius 3 is 1.49 bits per heavy atom. The van der Waals surface area contributed by atoms with Crippen LogP contribution < -0.4 is 5.32 Å². The molecule has 3 aromatic carbocycles. The van der Waals surface area contributed by atoms with Gasteiger partial charge in [-0.15, -0.1) is 0 Å². The summed E-state index contributed by atoms with van der Waals surface area (Å²) in [6.45, 7) is 7.58. The monoisotopic (exact) mass is 566 g/mol. The maximum Gasteiger partial charge on any atom is 0.335 e. The van der Waals surface area contributed by atoms with E-state index in [-0.39, 0.29) is 6.04 Å². The Morgan fingerprint density at radius 2 is 1.10 bits per heavy atom. The summed E-state index contributed by atoms with van der Waals surface area (Å²) in [5.41, 5.74) is 3.82. The lowest BCUT2D eigenvalue weighted by Gasteiger charge is -2.34. The van der Waals surface area contributed by atoms with Gasteiger partial charge in [0.1, 0.15) is 0 Å². The smallest absolute Gasteiger partial charge is 0.335 e. The van der Waals surface area contributed by atoms with Crippen molar-refractivity contribution in [2.24, 2.45) is 5.92 Å². The average Bonchev–Trinajstić information content (AvgIpc) is 2.96. The molecule has 0 bridgehead atoms. The summed E-state index contributed by atoms with van der Waals surface area (Å²) in [5, 5.41) is 46.8. The van der Waals surface area contributed by atoms with Crippen LogP contribution in [0.4, 0.5) is 0 Å². The number of aliphatic carboxylic acids is 2. The highest BCUT2D eigenvalue weighted by atomic mass is 16.4. The molecule has 0 saturated carbocycles. The van der Waals surface area contributed by atoms with E-state index in [1.165, 1.54) is 16.7 Å². The first kappa shape index (κ1) is 33.6. The number of hydrogen-bond acceptors (Lipinski definition) is 7. The molecule has 0 heterocycles. The molecule has 9 heteroatoms. The molecule has 0 aliphatic rings. The van der Waals surface area contributed by atoms with Crippen LogP contribution in [0.3, 0.4) is 0 Å². The summed E-state index contributed by atoms with van der Waals surface area (Å²) >= 11 is 0. The van der Waals surface area contributed by atoms with E-state index < -0.39 is 30.3 Å². The molecule has 0 spiro atoms. The lowest BCUT2D eigenvalue weighted by Crippen LogP contribution is -2.39. The van der Waals surface area contributed by atoms with Crippen molar-refractivity contribution in [3.63, 3.8) is 0 Å². The van der Waals surface area contributed by atoms with Gasteiger partial charge >= 0.3 is 11.9 Å². The van der Waals surface area contributed by atoms with Crippen molar-refractivity contribution in [2.45, 2.75) is 57.7 Å². The quantitative estimate of drug-likeness (QED) is 0.163. The highest BCUT2D eigenvalue weighted by molar-refractivity contribution is 5.83. The van der Waals surface area contributed by atoms with Crippen molar-refractivity contribution in [2.75, 3.05) is 13.1 Å². The zero-order valence-corrected chi connectivity index (χ0v) is 23.6. The molecule has 0 radical (unpaired) electrons. The predicted octanol–water partition coefficient (Wildman–Crippen LogP) is 3.30. The van der Waals surface area contributed by atoms with Gasteiger partial charge in [0.25, 0.3) is 0 Å². The highest BCUT2D eigenvalue weighted by Crippen LogP contribution is 2.29. The summed E-state index contributed by atoms with van der Waals surface area (Å²) in [6, 6.07) is 32.0. The standard InChI is InChI=1S/C28H36N2O.C4H6O6/c1-23(2)19-29-20-27(31)18-28(26-16-10-5-11-17-26)30(21-24-12-6-3-7-13-24)22-25-14-8-4-9-15-25;5-1(3(7)8)2(6)4(9)10/h3-17,23,27-29,31H,18-22H2,1-2H3;1-2,5-6H,(H,7,8)(H,9,10)/t27-,28+;1-,2-/m11/s1. The molecule has 222 valence electrons. The van der Waals surface area contributed by atoms with Gasteiger partial charge in [-0.25, -0.2) is 9.59 Å². The first-order chi connectivity index (χ1) is 19.6. The third-order valence-electron chi connectivity index (χ3n) is 6.32. The number of nitrogens with zero attached hydrogens (tertiary/aromatic N) is 1. The van der Waals surface area contributed by atoms with Crippen molar-refractivity contribution in [1.29, 1.82) is 0 Å². The van der Waals surface area contributed by atoms with Crippen LogP contribution in [0.5, 0.6) is 0 Å². The summed E-state index contributed by atoms with van der Waals surface area (Å²) in [5.74, 6) is -2.96. The molecule has 0 fully saturated rings. The Labute approximate surface area is 241 Å². The zero-order valence-electron chi connectivity index (χ0n) is 23.6. The van der Waals surface area contributed by atoms with Crippen LogP contribution in [-0.2, 0) is 22.7 Å². The summed E-state index contributed by atoms with van der Waals surface area (Å²) in [7, 11) is 0. The summed E-state index contributed by atoms with van der Waals surface area (Å²) < 4.78 is 0. The molecular formula is C32H42N2O7. The molecule has 6 N–H and O–H groups in total. The highest BCUT2D eigenvalue weighted by Gasteiger charge is 2.29. The van der Waals surface area contributed by atoms with Crippen molar-refractivity contribution < 1.29 is 35.1 Å². The van der Waals surface area contributed by atoms with Gasteiger partial charge in [-0.2, -0.15) is 0 Å². The number of aliphatic hydroxyl groups excluding tert-OH is 3. The third-order valence-corrected chi connectivity index (χ3v) is 6.32. The van der Waals surface area contributed by atoms with E-state index in [2.05, 4.69) is 115 Å². The minimum atomic E-state index is -2.27. The predicted molar refractivity (Wildman–Crippen MR) is 157 cm³/mol. The van der Waals surface area contributed by atoms with E-state index >= 15 is 0 Å². The molecule has 0 aliphatic carbocycles. The van der Waals surface area contributed by atoms with E-state index in [9.17, 15) is 14.7 Å². The molecular weight excluding hydrogens is 524 g/mol. The van der Waals surface area contributed by atoms with Gasteiger partial charge in [0.2, 0.25) is 0 Å². The van der Waals surface area contributed by atoms with Gasteiger partial charge in [0.05, 0.1) is 6.10 Å². The average molecular weight is 567 g/mol. The molecule has 3 rings (SSSR count). The zero-order chi connectivity index (χ0) is 30.2. The number of carbonyl (C=O) groups is 2. The second-order valence-corrected chi connectivity index (χ2v) is 10.3. The van der Waals surface area contributed by atoms with Crippen LogP contribution in [0.2, 0.25) is 0 Å². The normalized spacial score (nSPS) is 14.0. The Morgan fingerprint density at radius 1 is 0.683 bits per heavy atom. The fourth-order valence-corrected chi connectivity index (χ4v) is 4.23. The number of carboxylic acid groups (broad SMARTS) is 2.